The second kappa shape index (κ2) is 6.45. The first kappa shape index (κ1) is 15.1. The maximum absolute atomic E-state index is 6.26. The summed E-state index contributed by atoms with van der Waals surface area (Å²) in [5.41, 5.74) is 1.21. The first-order valence-corrected chi connectivity index (χ1v) is 7.63. The lowest BCUT2D eigenvalue weighted by Gasteiger charge is -2.29. The van der Waals surface area contributed by atoms with Crippen LogP contribution in [0, 0.1) is 5.41 Å². The number of rotatable bonds is 3. The Hall–Kier alpha value is -0.280. The zero-order valence-corrected chi connectivity index (χ0v) is 13.0. The van der Waals surface area contributed by atoms with E-state index in [1.807, 2.05) is 12.1 Å². The lowest BCUT2D eigenvalue weighted by molar-refractivity contribution is 0.0103. The zero-order valence-electron chi connectivity index (χ0n) is 11.5. The molecular weight excluding hydrogens is 281 g/mol. The maximum atomic E-state index is 6.26. The molecule has 106 valence electrons. The van der Waals surface area contributed by atoms with E-state index in [1.165, 1.54) is 0 Å². The molecule has 1 aromatic carbocycles. The second-order valence-corrected chi connectivity index (χ2v) is 6.15. The lowest BCUT2D eigenvalue weighted by Crippen LogP contribution is -2.34. The van der Waals surface area contributed by atoms with E-state index in [2.05, 4.69) is 19.2 Å². The van der Waals surface area contributed by atoms with Gasteiger partial charge in [0, 0.05) is 34.1 Å². The van der Waals surface area contributed by atoms with E-state index < -0.39 is 0 Å². The van der Waals surface area contributed by atoms with E-state index in [0.717, 1.165) is 43.1 Å². The van der Waals surface area contributed by atoms with Gasteiger partial charge in [0.25, 0.3) is 0 Å². The minimum absolute atomic E-state index is 0.0221. The molecule has 4 heteroatoms. The van der Waals surface area contributed by atoms with Crippen LogP contribution in [0.1, 0.15) is 38.4 Å². The molecule has 19 heavy (non-hydrogen) atoms. The molecule has 1 fully saturated rings. The molecule has 0 amide bonds. The predicted molar refractivity (Wildman–Crippen MR) is 81.0 cm³/mol. The lowest BCUT2D eigenvalue weighted by atomic mass is 9.83. The van der Waals surface area contributed by atoms with E-state index >= 15 is 0 Å². The van der Waals surface area contributed by atoms with Crippen molar-refractivity contribution in [2.24, 2.45) is 5.41 Å². The Bertz CT molecular complexity index is 432. The molecule has 2 rings (SSSR count). The average Bonchev–Trinajstić information content (AvgIpc) is 2.64. The summed E-state index contributed by atoms with van der Waals surface area (Å²) < 4.78 is 6.12. The van der Waals surface area contributed by atoms with Crippen molar-refractivity contribution in [3.05, 3.63) is 33.8 Å². The van der Waals surface area contributed by atoms with Gasteiger partial charge >= 0.3 is 0 Å². The molecule has 0 aliphatic carbocycles. The summed E-state index contributed by atoms with van der Waals surface area (Å²) in [6.45, 7) is 6.99. The van der Waals surface area contributed by atoms with Gasteiger partial charge in [-0.3, -0.25) is 0 Å². The Morgan fingerprint density at radius 2 is 2.05 bits per heavy atom. The molecule has 1 aliphatic heterocycles. The Morgan fingerprint density at radius 3 is 2.74 bits per heavy atom. The molecule has 1 saturated heterocycles. The van der Waals surface area contributed by atoms with E-state index in [0.29, 0.717) is 5.02 Å². The van der Waals surface area contributed by atoms with Crippen LogP contribution in [0.4, 0.5) is 0 Å². The van der Waals surface area contributed by atoms with Gasteiger partial charge in [0.2, 0.25) is 0 Å². The third-order valence-electron chi connectivity index (χ3n) is 4.23. The van der Waals surface area contributed by atoms with Gasteiger partial charge in [-0.05, 0) is 31.0 Å². The molecule has 0 saturated carbocycles. The Kier molecular flexibility index (Phi) is 5.13. The molecular formula is C15H21Cl2NO. The molecule has 1 aliphatic rings. The highest BCUT2D eigenvalue weighted by Crippen LogP contribution is 2.34. The zero-order chi connectivity index (χ0) is 13.9. The highest BCUT2D eigenvalue weighted by Gasteiger charge is 2.31. The monoisotopic (exact) mass is 301 g/mol. The Labute approximate surface area is 125 Å². The minimum atomic E-state index is -0.0221. The first-order valence-electron chi connectivity index (χ1n) is 6.87. The van der Waals surface area contributed by atoms with Crippen molar-refractivity contribution in [2.45, 2.75) is 32.8 Å². The van der Waals surface area contributed by atoms with Crippen molar-refractivity contribution in [1.29, 1.82) is 0 Å². The topological polar surface area (TPSA) is 21.3 Å². The molecule has 0 bridgehead atoms. The molecule has 0 spiro atoms. The van der Waals surface area contributed by atoms with Crippen molar-refractivity contribution >= 4 is 23.2 Å². The van der Waals surface area contributed by atoms with Crippen LogP contribution in [-0.2, 0) is 4.74 Å². The predicted octanol–water partition coefficient (Wildman–Crippen LogP) is 4.46. The van der Waals surface area contributed by atoms with Crippen molar-refractivity contribution in [3.8, 4) is 0 Å². The van der Waals surface area contributed by atoms with Crippen molar-refractivity contribution in [3.63, 3.8) is 0 Å². The van der Waals surface area contributed by atoms with Gasteiger partial charge in [0.15, 0.2) is 0 Å². The first-order chi connectivity index (χ1) is 9.10. The van der Waals surface area contributed by atoms with Crippen molar-refractivity contribution in [1.82, 2.24) is 5.32 Å². The van der Waals surface area contributed by atoms with Crippen LogP contribution in [0.5, 0.6) is 0 Å². The molecule has 2 nitrogen and oxygen atoms in total. The van der Waals surface area contributed by atoms with Crippen LogP contribution in [0.25, 0.3) is 0 Å². The summed E-state index contributed by atoms with van der Waals surface area (Å²) in [6.07, 6.45) is 2.21. The summed E-state index contributed by atoms with van der Waals surface area (Å²) in [7, 11) is 0. The number of benzene rings is 1. The van der Waals surface area contributed by atoms with Gasteiger partial charge in [-0.15, -0.1) is 0 Å². The molecule has 1 heterocycles. The number of ether oxygens (including phenoxy) is 1. The highest BCUT2D eigenvalue weighted by molar-refractivity contribution is 6.33. The van der Waals surface area contributed by atoms with E-state index in [4.69, 9.17) is 27.9 Å². The number of hydrogen-bond acceptors (Lipinski definition) is 2. The number of hydrogen-bond donors (Lipinski definition) is 1. The van der Waals surface area contributed by atoms with Gasteiger partial charge < -0.3 is 10.1 Å². The molecule has 1 N–H and O–H groups in total. The van der Waals surface area contributed by atoms with Crippen LogP contribution in [0.3, 0.4) is 0 Å². The van der Waals surface area contributed by atoms with E-state index in [9.17, 15) is 0 Å². The van der Waals surface area contributed by atoms with Gasteiger partial charge in [-0.25, -0.2) is 0 Å². The average molecular weight is 302 g/mol. The largest absolute Gasteiger partial charge is 0.372 e. The second-order valence-electron chi connectivity index (χ2n) is 5.30. The Morgan fingerprint density at radius 1 is 1.32 bits per heavy atom. The van der Waals surface area contributed by atoms with Crippen molar-refractivity contribution < 1.29 is 4.74 Å². The maximum Gasteiger partial charge on any atom is 0.0964 e. The fourth-order valence-corrected chi connectivity index (χ4v) is 2.94. The van der Waals surface area contributed by atoms with Crippen LogP contribution in [0.2, 0.25) is 10.0 Å². The molecule has 1 atom stereocenters. The third kappa shape index (κ3) is 3.43. The summed E-state index contributed by atoms with van der Waals surface area (Å²) in [5.74, 6) is 0. The summed E-state index contributed by atoms with van der Waals surface area (Å²) in [6, 6.07) is 5.54. The summed E-state index contributed by atoms with van der Waals surface area (Å²) in [4.78, 5) is 0. The molecule has 1 unspecified atom stereocenters. The van der Waals surface area contributed by atoms with Gasteiger partial charge in [-0.2, -0.15) is 0 Å². The fraction of sp³-hybridized carbons (Fsp3) is 0.600. The van der Waals surface area contributed by atoms with Crippen LogP contribution >= 0.6 is 23.2 Å². The standard InChI is InChI=1S/C15H21Cl2NO/c1-3-15(4-2)9-18-8-14(19-10-15)12-7-11(16)5-6-13(12)17/h5-7,14,18H,3-4,8-10H2,1-2H3. The van der Waals surface area contributed by atoms with Crippen LogP contribution in [0.15, 0.2) is 18.2 Å². The fourth-order valence-electron chi connectivity index (χ4n) is 2.52. The van der Waals surface area contributed by atoms with Crippen molar-refractivity contribution in [2.75, 3.05) is 19.7 Å². The van der Waals surface area contributed by atoms with E-state index in [-0.39, 0.29) is 11.5 Å². The normalized spacial score (nSPS) is 23.1. The number of nitrogens with one attached hydrogen (secondary N) is 1. The third-order valence-corrected chi connectivity index (χ3v) is 4.80. The highest BCUT2D eigenvalue weighted by atomic mass is 35.5. The van der Waals surface area contributed by atoms with Crippen LogP contribution in [-0.4, -0.2) is 19.7 Å². The molecule has 0 radical (unpaired) electrons. The van der Waals surface area contributed by atoms with Gasteiger partial charge in [0.1, 0.15) is 0 Å². The van der Waals surface area contributed by atoms with Crippen LogP contribution < -0.4 is 5.32 Å². The van der Waals surface area contributed by atoms with Gasteiger partial charge in [-0.1, -0.05) is 37.0 Å². The smallest absolute Gasteiger partial charge is 0.0964 e. The summed E-state index contributed by atoms with van der Waals surface area (Å²) in [5, 5.41) is 4.93. The van der Waals surface area contributed by atoms with Gasteiger partial charge in [0.05, 0.1) is 12.7 Å². The minimum Gasteiger partial charge on any atom is -0.372 e. The summed E-state index contributed by atoms with van der Waals surface area (Å²) >= 11 is 12.3. The molecule has 0 aromatic heterocycles. The van der Waals surface area contributed by atoms with E-state index in [1.54, 1.807) is 6.07 Å². The quantitative estimate of drug-likeness (QED) is 0.890. The molecule has 1 aromatic rings. The Balaban J connectivity index is 2.17. The number of halogens is 2. The SMILES string of the molecule is CCC1(CC)CNCC(c2cc(Cl)ccc2Cl)OC1.